The minimum absolute atomic E-state index is 0.138. The molecule has 1 aromatic rings. The summed E-state index contributed by atoms with van der Waals surface area (Å²) in [6, 6.07) is 3.47. The maximum atomic E-state index is 13.3. The molecule has 94 valence electrons. The first-order chi connectivity index (χ1) is 8.10. The zero-order valence-corrected chi connectivity index (χ0v) is 10.2. The lowest BCUT2D eigenvalue weighted by molar-refractivity contribution is 0.0958. The third-order valence-electron chi connectivity index (χ3n) is 2.79. The first-order valence-corrected chi connectivity index (χ1v) is 5.79. The van der Waals surface area contributed by atoms with Crippen LogP contribution in [-0.2, 0) is 0 Å². The van der Waals surface area contributed by atoms with Gasteiger partial charge >= 0.3 is 0 Å². The van der Waals surface area contributed by atoms with Gasteiger partial charge in [0.05, 0.1) is 5.56 Å². The number of carbonyl (C=O) groups is 1. The van der Waals surface area contributed by atoms with E-state index in [9.17, 15) is 13.6 Å². The van der Waals surface area contributed by atoms with Crippen LogP contribution in [0, 0.1) is 11.6 Å². The van der Waals surface area contributed by atoms with Crippen molar-refractivity contribution in [3.05, 3.63) is 35.4 Å². The summed E-state index contributed by atoms with van der Waals surface area (Å²) < 4.78 is 26.6. The third kappa shape index (κ3) is 3.60. The van der Waals surface area contributed by atoms with E-state index in [1.54, 1.807) is 0 Å². The van der Waals surface area contributed by atoms with Crippen LogP contribution in [0.15, 0.2) is 18.2 Å². The molecule has 0 saturated heterocycles. The molecule has 0 N–H and O–H groups in total. The standard InChI is InChI=1S/C13H17F2NO/c1-3-16(4-2)9-8-12(17)13-10(14)6-5-7-11(13)15/h5-7H,3-4,8-9H2,1-2H3. The largest absolute Gasteiger partial charge is 0.303 e. The van der Waals surface area contributed by atoms with Crippen molar-refractivity contribution in [2.45, 2.75) is 20.3 Å². The number of Topliss-reactive ketones (excluding diaryl/α,β-unsaturated/α-hetero) is 1. The molecule has 0 saturated carbocycles. The molecule has 0 amide bonds. The Hall–Kier alpha value is -1.29. The highest BCUT2D eigenvalue weighted by Gasteiger charge is 2.17. The van der Waals surface area contributed by atoms with Crippen LogP contribution in [0.5, 0.6) is 0 Å². The van der Waals surface area contributed by atoms with Gasteiger partial charge in [-0.15, -0.1) is 0 Å². The van der Waals surface area contributed by atoms with Crippen LogP contribution in [0.1, 0.15) is 30.6 Å². The van der Waals surface area contributed by atoms with Gasteiger partial charge in [-0.3, -0.25) is 4.79 Å². The molecule has 0 aromatic heterocycles. The molecule has 0 aliphatic heterocycles. The number of carbonyl (C=O) groups excluding carboxylic acids is 1. The van der Waals surface area contributed by atoms with E-state index in [1.165, 1.54) is 6.07 Å². The Labute approximate surface area is 100 Å². The van der Waals surface area contributed by atoms with Crippen molar-refractivity contribution in [1.82, 2.24) is 4.90 Å². The molecule has 2 nitrogen and oxygen atoms in total. The second kappa shape index (κ2) is 6.45. The van der Waals surface area contributed by atoms with Crippen molar-refractivity contribution < 1.29 is 13.6 Å². The third-order valence-corrected chi connectivity index (χ3v) is 2.79. The van der Waals surface area contributed by atoms with Gasteiger partial charge in [-0.1, -0.05) is 19.9 Å². The van der Waals surface area contributed by atoms with Crippen LogP contribution in [0.4, 0.5) is 8.78 Å². The minimum atomic E-state index is -0.783. The lowest BCUT2D eigenvalue weighted by Gasteiger charge is -2.17. The first-order valence-electron chi connectivity index (χ1n) is 5.79. The average molecular weight is 241 g/mol. The Morgan fingerprint density at radius 3 is 2.18 bits per heavy atom. The van der Waals surface area contributed by atoms with Gasteiger partial charge in [0.25, 0.3) is 0 Å². The monoisotopic (exact) mass is 241 g/mol. The maximum absolute atomic E-state index is 13.3. The molecule has 1 rings (SSSR count). The summed E-state index contributed by atoms with van der Waals surface area (Å²) in [5, 5.41) is 0. The highest BCUT2D eigenvalue weighted by molar-refractivity contribution is 5.96. The predicted octanol–water partition coefficient (Wildman–Crippen LogP) is 2.88. The van der Waals surface area contributed by atoms with Crippen molar-refractivity contribution in [1.29, 1.82) is 0 Å². The zero-order valence-electron chi connectivity index (χ0n) is 10.2. The van der Waals surface area contributed by atoms with Gasteiger partial charge in [-0.05, 0) is 25.2 Å². The Morgan fingerprint density at radius 2 is 1.71 bits per heavy atom. The summed E-state index contributed by atoms with van der Waals surface area (Å²) in [6.45, 7) is 6.14. The van der Waals surface area contributed by atoms with E-state index in [0.717, 1.165) is 25.2 Å². The number of ketones is 1. The molecule has 0 heterocycles. The second-order valence-corrected chi connectivity index (χ2v) is 3.80. The van der Waals surface area contributed by atoms with Crippen LogP contribution in [0.25, 0.3) is 0 Å². The summed E-state index contributed by atoms with van der Waals surface area (Å²) in [5.41, 5.74) is -0.417. The number of rotatable bonds is 6. The molecule has 0 aliphatic carbocycles. The van der Waals surface area contributed by atoms with Crippen LogP contribution in [0.3, 0.4) is 0 Å². The zero-order chi connectivity index (χ0) is 12.8. The molecule has 0 atom stereocenters. The molecule has 4 heteroatoms. The topological polar surface area (TPSA) is 20.3 Å². The number of nitrogens with zero attached hydrogens (tertiary/aromatic N) is 1. The fourth-order valence-corrected chi connectivity index (χ4v) is 1.69. The Morgan fingerprint density at radius 1 is 1.18 bits per heavy atom. The van der Waals surface area contributed by atoms with E-state index in [0.29, 0.717) is 6.54 Å². The van der Waals surface area contributed by atoms with Gasteiger partial charge < -0.3 is 4.90 Å². The fraction of sp³-hybridized carbons (Fsp3) is 0.462. The van der Waals surface area contributed by atoms with Crippen molar-refractivity contribution in [2.75, 3.05) is 19.6 Å². The van der Waals surface area contributed by atoms with E-state index in [1.807, 2.05) is 18.7 Å². The van der Waals surface area contributed by atoms with E-state index < -0.39 is 23.0 Å². The molecule has 0 fully saturated rings. The lowest BCUT2D eigenvalue weighted by Crippen LogP contribution is -2.26. The van der Waals surface area contributed by atoms with Gasteiger partial charge in [-0.25, -0.2) is 8.78 Å². The molecular weight excluding hydrogens is 224 g/mol. The van der Waals surface area contributed by atoms with Crippen LogP contribution in [0.2, 0.25) is 0 Å². The van der Waals surface area contributed by atoms with Crippen molar-refractivity contribution in [2.24, 2.45) is 0 Å². The summed E-state index contributed by atoms with van der Waals surface area (Å²) in [6.07, 6.45) is 0.138. The molecule has 0 aliphatic rings. The Balaban J connectivity index is 2.70. The minimum Gasteiger partial charge on any atom is -0.303 e. The van der Waals surface area contributed by atoms with Crippen molar-refractivity contribution in [3.63, 3.8) is 0 Å². The predicted molar refractivity (Wildman–Crippen MR) is 63.1 cm³/mol. The summed E-state index contributed by atoms with van der Waals surface area (Å²) in [5.74, 6) is -2.04. The molecular formula is C13H17F2NO. The summed E-state index contributed by atoms with van der Waals surface area (Å²) in [7, 11) is 0. The van der Waals surface area contributed by atoms with Crippen molar-refractivity contribution in [3.8, 4) is 0 Å². The van der Waals surface area contributed by atoms with Crippen molar-refractivity contribution >= 4 is 5.78 Å². The summed E-state index contributed by atoms with van der Waals surface area (Å²) in [4.78, 5) is 13.8. The van der Waals surface area contributed by atoms with Gasteiger partial charge in [0.2, 0.25) is 0 Å². The van der Waals surface area contributed by atoms with Gasteiger partial charge in [0.15, 0.2) is 5.78 Å². The first kappa shape index (κ1) is 13.8. The molecule has 17 heavy (non-hydrogen) atoms. The van der Waals surface area contributed by atoms with Gasteiger partial charge in [0.1, 0.15) is 11.6 Å². The molecule has 1 aromatic carbocycles. The second-order valence-electron chi connectivity index (χ2n) is 3.80. The van der Waals surface area contributed by atoms with E-state index in [2.05, 4.69) is 0 Å². The molecule has 0 unspecified atom stereocenters. The lowest BCUT2D eigenvalue weighted by atomic mass is 10.1. The van der Waals surface area contributed by atoms with Crippen LogP contribution >= 0.6 is 0 Å². The highest BCUT2D eigenvalue weighted by atomic mass is 19.1. The van der Waals surface area contributed by atoms with Gasteiger partial charge in [0, 0.05) is 13.0 Å². The summed E-state index contributed by atoms with van der Waals surface area (Å²) >= 11 is 0. The normalized spacial score (nSPS) is 10.9. The number of benzene rings is 1. The number of hydrogen-bond donors (Lipinski definition) is 0. The maximum Gasteiger partial charge on any atom is 0.170 e. The van der Waals surface area contributed by atoms with E-state index >= 15 is 0 Å². The van der Waals surface area contributed by atoms with Crippen LogP contribution < -0.4 is 0 Å². The van der Waals surface area contributed by atoms with E-state index in [-0.39, 0.29) is 6.42 Å². The fourth-order valence-electron chi connectivity index (χ4n) is 1.69. The Bertz CT molecular complexity index is 369. The highest BCUT2D eigenvalue weighted by Crippen LogP contribution is 2.14. The smallest absolute Gasteiger partial charge is 0.170 e. The molecule has 0 spiro atoms. The SMILES string of the molecule is CCN(CC)CCC(=O)c1c(F)cccc1F. The number of hydrogen-bond acceptors (Lipinski definition) is 2. The van der Waals surface area contributed by atoms with E-state index in [4.69, 9.17) is 0 Å². The quantitative estimate of drug-likeness (QED) is 0.714. The molecule has 0 radical (unpaired) electrons. The molecule has 0 bridgehead atoms. The average Bonchev–Trinajstić information content (AvgIpc) is 2.30. The number of halogens is 2. The Kier molecular flexibility index (Phi) is 5.22. The van der Waals surface area contributed by atoms with Gasteiger partial charge in [-0.2, -0.15) is 0 Å². The van der Waals surface area contributed by atoms with Crippen LogP contribution in [-0.4, -0.2) is 30.3 Å².